The Morgan fingerprint density at radius 2 is 1.95 bits per heavy atom. The summed E-state index contributed by atoms with van der Waals surface area (Å²) >= 11 is 1.80. The lowest BCUT2D eigenvalue weighted by Gasteiger charge is -2.39. The van der Waals surface area contributed by atoms with E-state index < -0.39 is 0 Å². The molecule has 0 radical (unpaired) electrons. The zero-order valence-electron chi connectivity index (χ0n) is 14.2. The molecule has 1 aliphatic carbocycles. The van der Waals surface area contributed by atoms with Crippen LogP contribution < -0.4 is 4.90 Å². The van der Waals surface area contributed by atoms with Crippen LogP contribution in [0, 0.1) is 24.7 Å². The van der Waals surface area contributed by atoms with E-state index in [4.69, 9.17) is 4.98 Å². The second-order valence-corrected chi connectivity index (χ2v) is 9.71. The largest absolute Gasteiger partial charge is 0.352 e. The molecule has 3 nitrogen and oxygen atoms in total. The van der Waals surface area contributed by atoms with Gasteiger partial charge in [0, 0.05) is 17.5 Å². The van der Waals surface area contributed by atoms with Crippen molar-refractivity contribution < 1.29 is 0 Å². The maximum Gasteiger partial charge on any atom is 0.141 e. The van der Waals surface area contributed by atoms with E-state index in [1.165, 1.54) is 40.9 Å². The molecule has 22 heavy (non-hydrogen) atoms. The minimum Gasteiger partial charge on any atom is -0.352 e. The fourth-order valence-electron chi connectivity index (χ4n) is 5.09. The number of nitrogens with zero attached hydrogens (tertiary/aromatic N) is 3. The van der Waals surface area contributed by atoms with Crippen molar-refractivity contribution in [2.45, 2.75) is 59.9 Å². The minimum atomic E-state index is 0.433. The molecule has 2 bridgehead atoms. The highest BCUT2D eigenvalue weighted by atomic mass is 32.1. The Morgan fingerprint density at radius 3 is 2.73 bits per heavy atom. The maximum absolute atomic E-state index is 4.72. The summed E-state index contributed by atoms with van der Waals surface area (Å²) in [7, 11) is 0. The number of aromatic nitrogens is 2. The van der Waals surface area contributed by atoms with Crippen LogP contribution in [0.25, 0.3) is 10.2 Å². The molecule has 2 aromatic heterocycles. The van der Waals surface area contributed by atoms with Crippen LogP contribution in [0.5, 0.6) is 0 Å². The molecule has 1 aliphatic heterocycles. The Morgan fingerprint density at radius 1 is 1.18 bits per heavy atom. The van der Waals surface area contributed by atoms with E-state index >= 15 is 0 Å². The number of thiophene rings is 1. The highest BCUT2D eigenvalue weighted by Gasteiger charge is 2.50. The van der Waals surface area contributed by atoms with E-state index in [0.717, 1.165) is 11.4 Å². The summed E-state index contributed by atoms with van der Waals surface area (Å²) in [6, 6.07) is 0.631. The molecule has 2 fully saturated rings. The van der Waals surface area contributed by atoms with Gasteiger partial charge in [0.2, 0.25) is 0 Å². The first kappa shape index (κ1) is 14.4. The van der Waals surface area contributed by atoms with E-state index in [-0.39, 0.29) is 0 Å². The smallest absolute Gasteiger partial charge is 0.141 e. The number of aryl methyl sites for hydroxylation is 2. The fourth-order valence-corrected chi connectivity index (χ4v) is 6.08. The van der Waals surface area contributed by atoms with Crippen LogP contribution in [0.3, 0.4) is 0 Å². The minimum absolute atomic E-state index is 0.433. The molecule has 2 unspecified atom stereocenters. The lowest BCUT2D eigenvalue weighted by molar-refractivity contribution is 0.136. The summed E-state index contributed by atoms with van der Waals surface area (Å²) < 4.78 is 0. The molecule has 4 rings (SSSR count). The molecule has 0 spiro atoms. The van der Waals surface area contributed by atoms with Crippen LogP contribution in [0.2, 0.25) is 0 Å². The normalized spacial score (nSPS) is 30.2. The summed E-state index contributed by atoms with van der Waals surface area (Å²) in [5.41, 5.74) is 2.24. The SMILES string of the molecule is Cc1sc2ncnc(N3CC4(C)CC3CC(C)(C)C4)c2c1C. The monoisotopic (exact) mass is 315 g/mol. The van der Waals surface area contributed by atoms with Gasteiger partial charge in [0.1, 0.15) is 17.0 Å². The van der Waals surface area contributed by atoms with Crippen LogP contribution in [-0.2, 0) is 0 Å². The van der Waals surface area contributed by atoms with E-state index in [0.29, 0.717) is 16.9 Å². The Labute approximate surface area is 136 Å². The third kappa shape index (κ3) is 2.07. The van der Waals surface area contributed by atoms with Gasteiger partial charge in [-0.25, -0.2) is 9.97 Å². The predicted octanol–water partition coefficient (Wildman–Crippen LogP) is 4.71. The maximum atomic E-state index is 4.72. The van der Waals surface area contributed by atoms with Crippen LogP contribution in [0.15, 0.2) is 6.33 Å². The summed E-state index contributed by atoms with van der Waals surface area (Å²) in [5, 5.41) is 1.29. The average molecular weight is 315 g/mol. The lowest BCUT2D eigenvalue weighted by atomic mass is 9.65. The van der Waals surface area contributed by atoms with Crippen molar-refractivity contribution in [3.63, 3.8) is 0 Å². The molecule has 2 aromatic rings. The van der Waals surface area contributed by atoms with Crippen molar-refractivity contribution in [2.75, 3.05) is 11.4 Å². The molecule has 0 aromatic carbocycles. The number of fused-ring (bicyclic) bond motifs is 3. The Balaban J connectivity index is 1.84. The first-order valence-corrected chi connectivity index (χ1v) is 9.07. The van der Waals surface area contributed by atoms with Crippen molar-refractivity contribution in [2.24, 2.45) is 10.8 Å². The van der Waals surface area contributed by atoms with Crippen molar-refractivity contribution in [1.82, 2.24) is 9.97 Å². The van der Waals surface area contributed by atoms with Gasteiger partial charge >= 0.3 is 0 Å². The number of hydrogen-bond donors (Lipinski definition) is 0. The van der Waals surface area contributed by atoms with Gasteiger partial charge in [-0.2, -0.15) is 0 Å². The Hall–Kier alpha value is -1.16. The van der Waals surface area contributed by atoms with E-state index in [2.05, 4.69) is 44.5 Å². The quantitative estimate of drug-likeness (QED) is 0.763. The van der Waals surface area contributed by atoms with Crippen molar-refractivity contribution >= 4 is 27.4 Å². The van der Waals surface area contributed by atoms with Gasteiger partial charge in [-0.15, -0.1) is 11.3 Å². The number of rotatable bonds is 1. The molecular formula is C18H25N3S. The topological polar surface area (TPSA) is 29.0 Å². The molecule has 2 aliphatic rings. The average Bonchev–Trinajstić information content (AvgIpc) is 2.83. The van der Waals surface area contributed by atoms with Crippen LogP contribution in [-0.4, -0.2) is 22.6 Å². The van der Waals surface area contributed by atoms with Crippen LogP contribution in [0.1, 0.15) is 50.5 Å². The standard InChI is InChI=1S/C18H25N3S/c1-11-12(2)22-16-14(11)15(19-10-20-16)21-9-18(5)7-13(21)6-17(3,4)8-18/h10,13H,6-9H2,1-5H3. The first-order chi connectivity index (χ1) is 10.3. The summed E-state index contributed by atoms with van der Waals surface area (Å²) in [6.07, 6.45) is 5.66. The van der Waals surface area contributed by atoms with Gasteiger partial charge in [0.05, 0.1) is 5.39 Å². The summed E-state index contributed by atoms with van der Waals surface area (Å²) in [6.45, 7) is 12.9. The first-order valence-electron chi connectivity index (χ1n) is 8.25. The van der Waals surface area contributed by atoms with Gasteiger partial charge in [-0.1, -0.05) is 20.8 Å². The lowest BCUT2D eigenvalue weighted by Crippen LogP contribution is -2.35. The summed E-state index contributed by atoms with van der Waals surface area (Å²) in [4.78, 5) is 14.3. The van der Waals surface area contributed by atoms with Crippen molar-refractivity contribution in [3.8, 4) is 0 Å². The number of anilines is 1. The van der Waals surface area contributed by atoms with Gasteiger partial charge in [-0.05, 0) is 49.5 Å². The Kier molecular flexibility index (Phi) is 2.91. The molecule has 2 atom stereocenters. The molecule has 4 heteroatoms. The van der Waals surface area contributed by atoms with Gasteiger partial charge in [0.15, 0.2) is 0 Å². The van der Waals surface area contributed by atoms with Gasteiger partial charge < -0.3 is 4.90 Å². The van der Waals surface area contributed by atoms with Gasteiger partial charge in [0.25, 0.3) is 0 Å². The van der Waals surface area contributed by atoms with E-state index in [1.807, 2.05) is 0 Å². The predicted molar refractivity (Wildman–Crippen MR) is 93.8 cm³/mol. The zero-order chi connectivity index (χ0) is 15.7. The molecule has 1 saturated carbocycles. The van der Waals surface area contributed by atoms with Gasteiger partial charge in [-0.3, -0.25) is 0 Å². The van der Waals surface area contributed by atoms with Crippen molar-refractivity contribution in [3.05, 3.63) is 16.8 Å². The van der Waals surface area contributed by atoms with E-state index in [1.54, 1.807) is 17.7 Å². The second-order valence-electron chi connectivity index (χ2n) is 8.50. The third-order valence-corrected chi connectivity index (χ3v) is 6.75. The van der Waals surface area contributed by atoms with Crippen LogP contribution in [0.4, 0.5) is 5.82 Å². The zero-order valence-corrected chi connectivity index (χ0v) is 15.0. The molecule has 1 saturated heterocycles. The fraction of sp³-hybridized carbons (Fsp3) is 0.667. The third-order valence-electron chi connectivity index (χ3n) is 5.63. The second kappa shape index (κ2) is 4.44. The molecular weight excluding hydrogens is 290 g/mol. The molecule has 0 N–H and O–H groups in total. The van der Waals surface area contributed by atoms with Crippen LogP contribution >= 0.6 is 11.3 Å². The summed E-state index contributed by atoms with van der Waals surface area (Å²) in [5.74, 6) is 1.18. The highest BCUT2D eigenvalue weighted by molar-refractivity contribution is 7.18. The number of hydrogen-bond acceptors (Lipinski definition) is 4. The molecule has 3 heterocycles. The highest BCUT2D eigenvalue weighted by Crippen LogP contribution is 2.54. The Bertz CT molecular complexity index is 748. The van der Waals surface area contributed by atoms with E-state index in [9.17, 15) is 0 Å². The van der Waals surface area contributed by atoms with Crippen molar-refractivity contribution in [1.29, 1.82) is 0 Å². The molecule has 0 amide bonds. The molecule has 118 valence electrons.